The summed E-state index contributed by atoms with van der Waals surface area (Å²) in [5.74, 6) is 0. The molecule has 0 bridgehead atoms. The van der Waals surface area contributed by atoms with Crippen molar-refractivity contribution in [1.82, 2.24) is 4.40 Å². The topological polar surface area (TPSA) is 8.29 Å². The first-order chi connectivity index (χ1) is 11.1. The smallest absolute Gasteiger partial charge is 0.224 e. The van der Waals surface area contributed by atoms with Gasteiger partial charge in [-0.25, -0.2) is 4.57 Å². The van der Waals surface area contributed by atoms with Gasteiger partial charge in [0, 0.05) is 17.6 Å². The molecule has 0 saturated carbocycles. The molecule has 3 aromatic heterocycles. The molecule has 0 radical (unpaired) electrons. The van der Waals surface area contributed by atoms with Gasteiger partial charge >= 0.3 is 0 Å². The fourth-order valence-electron chi connectivity index (χ4n) is 4.24. The summed E-state index contributed by atoms with van der Waals surface area (Å²) in [6.07, 6.45) is 4.41. The van der Waals surface area contributed by atoms with E-state index in [0.717, 1.165) is 0 Å². The number of aromatic nitrogens is 2. The van der Waals surface area contributed by atoms with Gasteiger partial charge < -0.3 is 4.40 Å². The number of fused-ring (bicyclic) bond motifs is 3. The largest absolute Gasteiger partial charge is 0.315 e. The predicted octanol–water partition coefficient (Wildman–Crippen LogP) is 4.59. The zero-order valence-electron chi connectivity index (χ0n) is 13.9. The third-order valence-corrected chi connectivity index (χ3v) is 5.44. The first-order valence-electron chi connectivity index (χ1n) is 8.12. The highest BCUT2D eigenvalue weighted by molar-refractivity contribution is 6.21. The molecule has 23 heavy (non-hydrogen) atoms. The number of pyridine rings is 2. The second-order valence-electron chi connectivity index (χ2n) is 6.79. The van der Waals surface area contributed by atoms with Crippen molar-refractivity contribution in [1.29, 1.82) is 0 Å². The van der Waals surface area contributed by atoms with Gasteiger partial charge in [0.25, 0.3) is 0 Å². The van der Waals surface area contributed by atoms with Crippen LogP contribution in [-0.2, 0) is 7.05 Å². The third kappa shape index (κ3) is 1.41. The van der Waals surface area contributed by atoms with Crippen molar-refractivity contribution in [3.05, 3.63) is 59.4 Å². The summed E-state index contributed by atoms with van der Waals surface area (Å²) in [6.45, 7) is 6.70. The Labute approximate surface area is 134 Å². The van der Waals surface area contributed by atoms with E-state index in [4.69, 9.17) is 0 Å². The van der Waals surface area contributed by atoms with Gasteiger partial charge in [-0.05, 0) is 48.9 Å². The Kier molecular flexibility index (Phi) is 2.25. The summed E-state index contributed by atoms with van der Waals surface area (Å²) in [5, 5.41) is 5.38. The standard InChI is InChI=1S/C21H19N2/c1-12-11-13(2)19-17(14(12)3)21-18-15(7-9-22(21)4)5-6-16-8-10-23(19)20(16)18/h5-11H,1-4H3/q+1. The van der Waals surface area contributed by atoms with E-state index in [1.165, 1.54) is 54.8 Å². The average molecular weight is 299 g/mol. The lowest BCUT2D eigenvalue weighted by Gasteiger charge is -2.15. The van der Waals surface area contributed by atoms with Crippen molar-refractivity contribution in [3.8, 4) is 0 Å². The number of rotatable bonds is 0. The highest BCUT2D eigenvalue weighted by atomic mass is 14.9. The Morgan fingerprint density at radius 3 is 2.43 bits per heavy atom. The molecule has 0 fully saturated rings. The van der Waals surface area contributed by atoms with Crippen LogP contribution < -0.4 is 4.57 Å². The Morgan fingerprint density at radius 2 is 1.61 bits per heavy atom. The maximum absolute atomic E-state index is 2.39. The van der Waals surface area contributed by atoms with E-state index < -0.39 is 0 Å². The molecular formula is C21H19N2+. The van der Waals surface area contributed by atoms with Crippen LogP contribution in [0.15, 0.2) is 42.7 Å². The zero-order chi connectivity index (χ0) is 15.9. The molecule has 2 heteroatoms. The van der Waals surface area contributed by atoms with Gasteiger partial charge in [0.05, 0.1) is 21.8 Å². The van der Waals surface area contributed by atoms with Crippen LogP contribution >= 0.6 is 0 Å². The summed E-state index contributed by atoms with van der Waals surface area (Å²) in [4.78, 5) is 0. The van der Waals surface area contributed by atoms with Gasteiger partial charge in [-0.2, -0.15) is 0 Å². The summed E-state index contributed by atoms with van der Waals surface area (Å²) >= 11 is 0. The fraction of sp³-hybridized carbons (Fsp3) is 0.190. The average Bonchev–Trinajstić information content (AvgIpc) is 2.96. The van der Waals surface area contributed by atoms with E-state index in [9.17, 15) is 0 Å². The molecule has 112 valence electrons. The van der Waals surface area contributed by atoms with Gasteiger partial charge in [0.2, 0.25) is 5.52 Å². The van der Waals surface area contributed by atoms with E-state index >= 15 is 0 Å². The molecule has 0 amide bonds. The molecular weight excluding hydrogens is 280 g/mol. The minimum Gasteiger partial charge on any atom is -0.315 e. The second kappa shape index (κ2) is 4.02. The van der Waals surface area contributed by atoms with Crippen molar-refractivity contribution in [2.24, 2.45) is 7.05 Å². The lowest BCUT2D eigenvalue weighted by atomic mass is 9.95. The molecule has 0 aliphatic carbocycles. The van der Waals surface area contributed by atoms with Crippen molar-refractivity contribution >= 4 is 38.1 Å². The SMILES string of the molecule is Cc1cc(C)c2c(c1C)c1c3c(ccc4ccn2c43)cc[n+]1C. The van der Waals surface area contributed by atoms with Gasteiger partial charge in [-0.3, -0.25) is 0 Å². The van der Waals surface area contributed by atoms with Crippen molar-refractivity contribution in [2.45, 2.75) is 20.8 Å². The van der Waals surface area contributed by atoms with Crippen LogP contribution in [0.5, 0.6) is 0 Å². The van der Waals surface area contributed by atoms with E-state index in [0.29, 0.717) is 0 Å². The zero-order valence-corrected chi connectivity index (χ0v) is 13.9. The number of hydrogen-bond acceptors (Lipinski definition) is 0. The number of benzene rings is 2. The normalized spacial score (nSPS) is 12.3. The highest BCUT2D eigenvalue weighted by Crippen LogP contribution is 2.37. The minimum atomic E-state index is 1.31. The maximum atomic E-state index is 2.39. The molecule has 0 unspecified atom stereocenters. The van der Waals surface area contributed by atoms with Crippen molar-refractivity contribution in [3.63, 3.8) is 0 Å². The molecule has 3 heterocycles. The van der Waals surface area contributed by atoms with Crippen LogP contribution in [0.25, 0.3) is 38.1 Å². The van der Waals surface area contributed by atoms with Crippen LogP contribution in [0.3, 0.4) is 0 Å². The van der Waals surface area contributed by atoms with E-state index in [1.54, 1.807) is 0 Å². The van der Waals surface area contributed by atoms with Crippen LogP contribution in [0.4, 0.5) is 0 Å². The Hall–Kier alpha value is -2.61. The summed E-state index contributed by atoms with van der Waals surface area (Å²) < 4.78 is 4.67. The summed E-state index contributed by atoms with van der Waals surface area (Å²) in [6, 6.07) is 11.2. The van der Waals surface area contributed by atoms with Crippen LogP contribution in [-0.4, -0.2) is 4.40 Å². The number of hydrogen-bond donors (Lipinski definition) is 0. The van der Waals surface area contributed by atoms with E-state index in [-0.39, 0.29) is 0 Å². The van der Waals surface area contributed by atoms with Crippen LogP contribution in [0.1, 0.15) is 16.7 Å². The molecule has 0 spiro atoms. The highest BCUT2D eigenvalue weighted by Gasteiger charge is 2.22. The molecule has 0 saturated heterocycles. The van der Waals surface area contributed by atoms with E-state index in [1.807, 2.05) is 0 Å². The number of nitrogens with zero attached hydrogens (tertiary/aromatic N) is 2. The van der Waals surface area contributed by atoms with E-state index in [2.05, 4.69) is 79.5 Å². The maximum Gasteiger partial charge on any atom is 0.224 e. The van der Waals surface area contributed by atoms with Gasteiger partial charge in [0.1, 0.15) is 7.05 Å². The molecule has 0 aliphatic rings. The minimum absolute atomic E-state index is 1.31. The Balaban J connectivity index is 2.33. The number of aryl methyl sites for hydroxylation is 4. The van der Waals surface area contributed by atoms with Gasteiger partial charge in [-0.15, -0.1) is 0 Å². The molecule has 0 N–H and O–H groups in total. The molecule has 0 aliphatic heterocycles. The Bertz CT molecular complexity index is 1240. The molecule has 2 nitrogen and oxygen atoms in total. The predicted molar refractivity (Wildman–Crippen MR) is 96.5 cm³/mol. The Morgan fingerprint density at radius 1 is 0.826 bits per heavy atom. The van der Waals surface area contributed by atoms with Crippen LogP contribution in [0, 0.1) is 20.8 Å². The molecule has 2 aromatic carbocycles. The summed E-state index contributed by atoms with van der Waals surface area (Å²) in [5.41, 5.74) is 8.11. The molecule has 5 rings (SSSR count). The van der Waals surface area contributed by atoms with Gasteiger partial charge in [-0.1, -0.05) is 18.2 Å². The molecule has 0 atom stereocenters. The third-order valence-electron chi connectivity index (χ3n) is 5.44. The monoisotopic (exact) mass is 299 g/mol. The van der Waals surface area contributed by atoms with Gasteiger partial charge in [0.15, 0.2) is 6.20 Å². The van der Waals surface area contributed by atoms with Crippen molar-refractivity contribution < 1.29 is 4.57 Å². The first kappa shape index (κ1) is 12.9. The quantitative estimate of drug-likeness (QED) is 0.225. The summed E-state index contributed by atoms with van der Waals surface area (Å²) in [7, 11) is 2.16. The van der Waals surface area contributed by atoms with Crippen LogP contribution in [0.2, 0.25) is 0 Å². The molecule has 5 aromatic rings. The second-order valence-corrected chi connectivity index (χ2v) is 6.79. The van der Waals surface area contributed by atoms with Crippen molar-refractivity contribution in [2.75, 3.05) is 0 Å². The lowest BCUT2D eigenvalue weighted by molar-refractivity contribution is -0.643. The fourth-order valence-corrected chi connectivity index (χ4v) is 4.24. The first-order valence-corrected chi connectivity index (χ1v) is 8.12. The lowest BCUT2D eigenvalue weighted by Crippen LogP contribution is -2.29.